The van der Waals surface area contributed by atoms with E-state index in [1.54, 1.807) is 12.1 Å². The molecule has 1 saturated heterocycles. The summed E-state index contributed by atoms with van der Waals surface area (Å²) >= 11 is 18.3. The highest BCUT2D eigenvalue weighted by atomic mass is 35.5. The second-order valence-corrected chi connectivity index (χ2v) is 6.08. The molecule has 1 aliphatic heterocycles. The zero-order valence-corrected chi connectivity index (χ0v) is 12.5. The molecular weight excluding hydrogens is 293 g/mol. The molecule has 1 atom stereocenters. The van der Waals surface area contributed by atoms with Crippen LogP contribution in [0.5, 0.6) is 0 Å². The molecular formula is C13H16Cl3NO. The van der Waals surface area contributed by atoms with Gasteiger partial charge in [-0.15, -0.1) is 0 Å². The van der Waals surface area contributed by atoms with E-state index in [1.165, 1.54) is 0 Å². The number of ether oxygens (including phenoxy) is 1. The molecule has 1 unspecified atom stereocenters. The highest BCUT2D eigenvalue weighted by Crippen LogP contribution is 2.32. The van der Waals surface area contributed by atoms with Crippen LogP contribution in [0, 0.1) is 0 Å². The first kappa shape index (κ1) is 14.4. The molecule has 0 spiro atoms. The fourth-order valence-electron chi connectivity index (χ4n) is 2.11. The molecule has 1 aliphatic rings. The van der Waals surface area contributed by atoms with Crippen molar-refractivity contribution < 1.29 is 4.74 Å². The molecule has 2 rings (SSSR count). The maximum absolute atomic E-state index is 6.17. The summed E-state index contributed by atoms with van der Waals surface area (Å²) in [4.78, 5) is 0. The monoisotopic (exact) mass is 307 g/mol. The van der Waals surface area contributed by atoms with Gasteiger partial charge in [-0.05, 0) is 31.9 Å². The summed E-state index contributed by atoms with van der Waals surface area (Å²) in [7, 11) is 0. The highest BCUT2D eigenvalue weighted by Gasteiger charge is 2.27. The molecule has 1 N–H and O–H groups in total. The van der Waals surface area contributed by atoms with E-state index in [4.69, 9.17) is 39.5 Å². The van der Waals surface area contributed by atoms with E-state index in [-0.39, 0.29) is 5.54 Å². The van der Waals surface area contributed by atoms with Crippen LogP contribution >= 0.6 is 34.8 Å². The number of hydrogen-bond donors (Lipinski definition) is 1. The Morgan fingerprint density at radius 3 is 2.67 bits per heavy atom. The zero-order valence-electron chi connectivity index (χ0n) is 10.2. The summed E-state index contributed by atoms with van der Waals surface area (Å²) in [5, 5.41) is 5.16. The quantitative estimate of drug-likeness (QED) is 0.840. The molecule has 0 aliphatic carbocycles. The predicted octanol–water partition coefficient (Wildman–Crippen LogP) is 4.31. The number of rotatable bonds is 3. The molecule has 5 heteroatoms. The first-order valence-corrected chi connectivity index (χ1v) is 7.10. The molecule has 1 aromatic rings. The summed E-state index contributed by atoms with van der Waals surface area (Å²) in [6.07, 6.45) is 2.16. The van der Waals surface area contributed by atoms with E-state index >= 15 is 0 Å². The third kappa shape index (κ3) is 3.31. The van der Waals surface area contributed by atoms with Gasteiger partial charge in [-0.2, -0.15) is 0 Å². The average Bonchev–Trinajstić information content (AvgIpc) is 2.35. The lowest BCUT2D eigenvalue weighted by molar-refractivity contribution is 0.0278. The molecule has 0 saturated carbocycles. The molecule has 0 aromatic heterocycles. The van der Waals surface area contributed by atoms with Gasteiger partial charge in [0.05, 0.1) is 16.7 Å². The number of halogens is 3. The largest absolute Gasteiger partial charge is 0.380 e. The molecule has 1 fully saturated rings. The minimum absolute atomic E-state index is 0.0206. The second-order valence-electron chi connectivity index (χ2n) is 4.89. The molecule has 18 heavy (non-hydrogen) atoms. The Morgan fingerprint density at radius 1 is 1.28 bits per heavy atom. The number of hydrogen-bond acceptors (Lipinski definition) is 2. The lowest BCUT2D eigenvalue weighted by atomic mass is 9.94. The van der Waals surface area contributed by atoms with Gasteiger partial charge < -0.3 is 10.1 Å². The van der Waals surface area contributed by atoms with Crippen LogP contribution < -0.4 is 5.32 Å². The van der Waals surface area contributed by atoms with Gasteiger partial charge in [0.15, 0.2) is 0 Å². The van der Waals surface area contributed by atoms with Gasteiger partial charge in [-0.25, -0.2) is 0 Å². The first-order valence-electron chi connectivity index (χ1n) is 5.97. The Morgan fingerprint density at radius 2 is 2.00 bits per heavy atom. The third-order valence-corrected chi connectivity index (χ3v) is 4.47. The molecule has 2 nitrogen and oxygen atoms in total. The van der Waals surface area contributed by atoms with Crippen molar-refractivity contribution in [3.05, 3.63) is 32.8 Å². The molecule has 1 aromatic carbocycles. The van der Waals surface area contributed by atoms with Crippen molar-refractivity contribution in [3.63, 3.8) is 0 Å². The second kappa shape index (κ2) is 5.98. The summed E-state index contributed by atoms with van der Waals surface area (Å²) in [5.41, 5.74) is 0.824. The molecule has 100 valence electrons. The van der Waals surface area contributed by atoms with E-state index in [1.807, 2.05) is 0 Å². The fourth-order valence-corrected chi connectivity index (χ4v) is 2.79. The van der Waals surface area contributed by atoms with E-state index in [0.717, 1.165) is 25.0 Å². The Kier molecular flexibility index (Phi) is 4.79. The van der Waals surface area contributed by atoms with Gasteiger partial charge in [-0.3, -0.25) is 0 Å². The minimum atomic E-state index is -0.0206. The highest BCUT2D eigenvalue weighted by molar-refractivity contribution is 6.44. The maximum Gasteiger partial charge on any atom is 0.0652 e. The van der Waals surface area contributed by atoms with Crippen LogP contribution in [0.15, 0.2) is 12.1 Å². The predicted molar refractivity (Wildman–Crippen MR) is 76.8 cm³/mol. The molecule has 0 radical (unpaired) electrons. The lowest BCUT2D eigenvalue weighted by Gasteiger charge is -2.34. The van der Waals surface area contributed by atoms with Crippen LogP contribution in [-0.4, -0.2) is 18.8 Å². The smallest absolute Gasteiger partial charge is 0.0652 e. The summed E-state index contributed by atoms with van der Waals surface area (Å²) in [6.45, 7) is 4.30. The van der Waals surface area contributed by atoms with Gasteiger partial charge in [0.25, 0.3) is 0 Å². The van der Waals surface area contributed by atoms with Crippen molar-refractivity contribution in [1.82, 2.24) is 5.32 Å². The maximum atomic E-state index is 6.17. The van der Waals surface area contributed by atoms with E-state index in [9.17, 15) is 0 Å². The average molecular weight is 309 g/mol. The van der Waals surface area contributed by atoms with Crippen LogP contribution in [0.25, 0.3) is 0 Å². The summed E-state index contributed by atoms with van der Waals surface area (Å²) in [5.74, 6) is 0. The van der Waals surface area contributed by atoms with Crippen molar-refractivity contribution in [3.8, 4) is 0 Å². The summed E-state index contributed by atoms with van der Waals surface area (Å²) in [6, 6.07) is 3.48. The SMILES string of the molecule is CC1(NCc2c(Cl)ccc(Cl)c2Cl)CCCOC1. The summed E-state index contributed by atoms with van der Waals surface area (Å²) < 4.78 is 5.50. The number of nitrogens with one attached hydrogen (secondary N) is 1. The van der Waals surface area contributed by atoms with Gasteiger partial charge in [0, 0.05) is 29.3 Å². The molecule has 0 amide bonds. The standard InChI is InChI=1S/C13H16Cl3NO/c1-13(5-2-6-18-8-13)17-7-9-10(14)3-4-11(15)12(9)16/h3-4,17H,2,5-8H2,1H3. The van der Waals surface area contributed by atoms with Gasteiger partial charge >= 0.3 is 0 Å². The minimum Gasteiger partial charge on any atom is -0.380 e. The normalized spacial score (nSPS) is 24.2. The van der Waals surface area contributed by atoms with E-state index < -0.39 is 0 Å². The van der Waals surface area contributed by atoms with Crippen molar-refractivity contribution in [2.45, 2.75) is 31.8 Å². The zero-order chi connectivity index (χ0) is 13.2. The fraction of sp³-hybridized carbons (Fsp3) is 0.538. The van der Waals surface area contributed by atoms with Crippen molar-refractivity contribution in [2.24, 2.45) is 0 Å². The van der Waals surface area contributed by atoms with Crippen LogP contribution in [0.2, 0.25) is 15.1 Å². The van der Waals surface area contributed by atoms with Crippen LogP contribution in [0.3, 0.4) is 0 Å². The first-order chi connectivity index (χ1) is 8.52. The van der Waals surface area contributed by atoms with Crippen LogP contribution in [-0.2, 0) is 11.3 Å². The third-order valence-electron chi connectivity index (χ3n) is 3.27. The Hall–Kier alpha value is 0.01000. The Labute approximate surface area is 123 Å². The lowest BCUT2D eigenvalue weighted by Crippen LogP contribution is -2.48. The van der Waals surface area contributed by atoms with Crippen LogP contribution in [0.1, 0.15) is 25.3 Å². The van der Waals surface area contributed by atoms with Crippen molar-refractivity contribution >= 4 is 34.8 Å². The van der Waals surface area contributed by atoms with Gasteiger partial charge in [0.1, 0.15) is 0 Å². The van der Waals surface area contributed by atoms with Gasteiger partial charge in [0.2, 0.25) is 0 Å². The topological polar surface area (TPSA) is 21.3 Å². The molecule has 1 heterocycles. The van der Waals surface area contributed by atoms with Gasteiger partial charge in [-0.1, -0.05) is 34.8 Å². The van der Waals surface area contributed by atoms with Crippen molar-refractivity contribution in [2.75, 3.05) is 13.2 Å². The van der Waals surface area contributed by atoms with Crippen LogP contribution in [0.4, 0.5) is 0 Å². The Bertz CT molecular complexity index is 430. The molecule has 0 bridgehead atoms. The van der Waals surface area contributed by atoms with E-state index in [2.05, 4.69) is 12.2 Å². The number of benzene rings is 1. The van der Waals surface area contributed by atoms with Crippen molar-refractivity contribution in [1.29, 1.82) is 0 Å². The Balaban J connectivity index is 2.08. The van der Waals surface area contributed by atoms with E-state index in [0.29, 0.717) is 28.2 Å².